The van der Waals surface area contributed by atoms with Gasteiger partial charge in [0.25, 0.3) is 0 Å². The van der Waals surface area contributed by atoms with E-state index in [9.17, 15) is 8.42 Å². The summed E-state index contributed by atoms with van der Waals surface area (Å²) < 4.78 is 35.5. The lowest BCUT2D eigenvalue weighted by atomic mass is 10.4. The maximum Gasteiger partial charge on any atom is 0.213 e. The molecule has 9 heteroatoms. The molecule has 26 heavy (non-hydrogen) atoms. The maximum absolute atomic E-state index is 11.7. The number of furan rings is 1. The molecule has 0 saturated heterocycles. The minimum atomic E-state index is -3.11. The molecule has 0 aliphatic heterocycles. The van der Waals surface area contributed by atoms with Crippen molar-refractivity contribution in [3.63, 3.8) is 0 Å². The van der Waals surface area contributed by atoms with Crippen molar-refractivity contribution in [2.75, 3.05) is 45.6 Å². The Morgan fingerprint density at radius 2 is 2.12 bits per heavy atom. The third-order valence-corrected chi connectivity index (χ3v) is 5.53. The van der Waals surface area contributed by atoms with E-state index in [1.807, 2.05) is 19.1 Å². The fraction of sp³-hybridized carbons (Fsp3) is 0.706. The molecule has 1 rings (SSSR count). The van der Waals surface area contributed by atoms with Crippen LogP contribution in [0.5, 0.6) is 0 Å². The zero-order valence-electron chi connectivity index (χ0n) is 16.0. The van der Waals surface area contributed by atoms with Gasteiger partial charge in [0.2, 0.25) is 10.0 Å². The van der Waals surface area contributed by atoms with Gasteiger partial charge in [0.1, 0.15) is 12.4 Å². The van der Waals surface area contributed by atoms with Gasteiger partial charge < -0.3 is 19.8 Å². The smallest absolute Gasteiger partial charge is 0.213 e. The highest BCUT2D eigenvalue weighted by Gasteiger charge is 2.13. The first-order valence-electron chi connectivity index (χ1n) is 9.06. The number of sulfonamides is 1. The predicted molar refractivity (Wildman–Crippen MR) is 104 cm³/mol. The molecule has 0 radical (unpaired) electrons. The Kier molecular flexibility index (Phi) is 11.0. The van der Waals surface area contributed by atoms with E-state index in [1.54, 1.807) is 20.2 Å². The van der Waals surface area contributed by atoms with Crippen molar-refractivity contribution in [2.24, 2.45) is 4.99 Å². The maximum atomic E-state index is 11.7. The highest BCUT2D eigenvalue weighted by molar-refractivity contribution is 7.89. The highest BCUT2D eigenvalue weighted by Crippen LogP contribution is 2.02. The number of hydrogen-bond donors (Lipinski definition) is 2. The van der Waals surface area contributed by atoms with E-state index in [2.05, 4.69) is 15.6 Å². The van der Waals surface area contributed by atoms with Crippen LogP contribution in [0, 0.1) is 0 Å². The Morgan fingerprint density at radius 3 is 2.77 bits per heavy atom. The Morgan fingerprint density at radius 1 is 1.31 bits per heavy atom. The predicted octanol–water partition coefficient (Wildman–Crippen LogP) is 1.41. The van der Waals surface area contributed by atoms with Crippen molar-refractivity contribution < 1.29 is 17.6 Å². The molecule has 1 aromatic heterocycles. The largest absolute Gasteiger partial charge is 0.467 e. The second-order valence-electron chi connectivity index (χ2n) is 5.75. The quantitative estimate of drug-likeness (QED) is 0.301. The summed E-state index contributed by atoms with van der Waals surface area (Å²) in [4.78, 5) is 4.49. The van der Waals surface area contributed by atoms with Gasteiger partial charge in [-0.1, -0.05) is 0 Å². The molecule has 2 N–H and O–H groups in total. The van der Waals surface area contributed by atoms with E-state index >= 15 is 0 Å². The van der Waals surface area contributed by atoms with Crippen LogP contribution in [0.4, 0.5) is 0 Å². The van der Waals surface area contributed by atoms with E-state index in [1.165, 1.54) is 4.31 Å². The SMILES string of the molecule is CCNC(=NCCCOCc1ccco1)NCCCN(C)S(=O)(=O)CC. The van der Waals surface area contributed by atoms with Gasteiger partial charge in [0.05, 0.1) is 12.0 Å². The molecule has 0 unspecified atom stereocenters. The van der Waals surface area contributed by atoms with Crippen LogP contribution in [0.1, 0.15) is 32.4 Å². The van der Waals surface area contributed by atoms with Gasteiger partial charge in [-0.25, -0.2) is 12.7 Å². The topological polar surface area (TPSA) is 96.2 Å². The van der Waals surface area contributed by atoms with Gasteiger partial charge in [-0.2, -0.15) is 0 Å². The van der Waals surface area contributed by atoms with Gasteiger partial charge in [0.15, 0.2) is 5.96 Å². The van der Waals surface area contributed by atoms with Crippen molar-refractivity contribution in [1.29, 1.82) is 0 Å². The fourth-order valence-corrected chi connectivity index (χ4v) is 2.98. The second kappa shape index (κ2) is 12.7. The fourth-order valence-electron chi connectivity index (χ4n) is 2.13. The monoisotopic (exact) mass is 388 g/mol. The molecule has 0 atom stereocenters. The van der Waals surface area contributed by atoms with E-state index < -0.39 is 10.0 Å². The molecule has 0 spiro atoms. The average Bonchev–Trinajstić information content (AvgIpc) is 3.14. The summed E-state index contributed by atoms with van der Waals surface area (Å²) in [6.07, 6.45) is 3.16. The first kappa shape index (κ1) is 22.5. The van der Waals surface area contributed by atoms with Crippen molar-refractivity contribution >= 4 is 16.0 Å². The first-order chi connectivity index (χ1) is 12.5. The normalized spacial score (nSPS) is 12.5. The zero-order chi connectivity index (χ0) is 19.3. The summed E-state index contributed by atoms with van der Waals surface area (Å²) in [5.41, 5.74) is 0. The van der Waals surface area contributed by atoms with Crippen LogP contribution >= 0.6 is 0 Å². The van der Waals surface area contributed by atoms with Crippen LogP contribution in [-0.2, 0) is 21.4 Å². The summed E-state index contributed by atoms with van der Waals surface area (Å²) in [7, 11) is -1.50. The lowest BCUT2D eigenvalue weighted by molar-refractivity contribution is 0.105. The van der Waals surface area contributed by atoms with Crippen LogP contribution < -0.4 is 10.6 Å². The molecular weight excluding hydrogens is 356 g/mol. The van der Waals surface area contributed by atoms with Gasteiger partial charge in [-0.05, 0) is 38.8 Å². The summed E-state index contributed by atoms with van der Waals surface area (Å²) >= 11 is 0. The Labute approximate surface area is 157 Å². The van der Waals surface area contributed by atoms with E-state index in [4.69, 9.17) is 9.15 Å². The third-order valence-electron chi connectivity index (χ3n) is 3.67. The molecule has 1 heterocycles. The molecule has 8 nitrogen and oxygen atoms in total. The number of nitrogens with one attached hydrogen (secondary N) is 2. The van der Waals surface area contributed by atoms with E-state index in [-0.39, 0.29) is 5.75 Å². The van der Waals surface area contributed by atoms with Crippen LogP contribution in [0.25, 0.3) is 0 Å². The number of nitrogens with zero attached hydrogens (tertiary/aromatic N) is 2. The van der Waals surface area contributed by atoms with E-state index in [0.29, 0.717) is 39.3 Å². The lowest BCUT2D eigenvalue weighted by Crippen LogP contribution is -2.39. The van der Waals surface area contributed by atoms with Gasteiger partial charge in [-0.15, -0.1) is 0 Å². The standard InChI is InChI=1S/C17H32N4O4S/c1-4-18-17(19-10-7-12-21(3)26(22,23)5-2)20-11-8-13-24-15-16-9-6-14-25-16/h6,9,14H,4-5,7-8,10-13,15H2,1-3H3,(H2,18,19,20). The lowest BCUT2D eigenvalue weighted by Gasteiger charge is -2.16. The van der Waals surface area contributed by atoms with Crippen molar-refractivity contribution in [1.82, 2.24) is 14.9 Å². The highest BCUT2D eigenvalue weighted by atomic mass is 32.2. The van der Waals surface area contributed by atoms with E-state index in [0.717, 1.165) is 24.7 Å². The Balaban J connectivity index is 2.19. The molecule has 0 saturated carbocycles. The van der Waals surface area contributed by atoms with Gasteiger partial charge in [-0.3, -0.25) is 4.99 Å². The number of rotatable bonds is 13. The molecule has 0 fully saturated rings. The van der Waals surface area contributed by atoms with Crippen LogP contribution in [0.2, 0.25) is 0 Å². The molecule has 0 amide bonds. The average molecular weight is 389 g/mol. The summed E-state index contributed by atoms with van der Waals surface area (Å²) in [6, 6.07) is 3.72. The second-order valence-corrected chi connectivity index (χ2v) is 8.11. The van der Waals surface area contributed by atoms with Crippen LogP contribution in [0.15, 0.2) is 27.8 Å². The van der Waals surface area contributed by atoms with Gasteiger partial charge >= 0.3 is 0 Å². The zero-order valence-corrected chi connectivity index (χ0v) is 16.8. The van der Waals surface area contributed by atoms with Crippen molar-refractivity contribution in [3.05, 3.63) is 24.2 Å². The number of aliphatic imine (C=N–C) groups is 1. The summed E-state index contributed by atoms with van der Waals surface area (Å²) in [5, 5.41) is 6.40. The van der Waals surface area contributed by atoms with Crippen LogP contribution in [-0.4, -0.2) is 64.3 Å². The molecule has 0 aliphatic rings. The number of guanidine groups is 1. The molecule has 0 aliphatic carbocycles. The third kappa shape index (κ3) is 9.21. The van der Waals surface area contributed by atoms with Gasteiger partial charge in [0, 0.05) is 39.8 Å². The molecular formula is C17H32N4O4S. The first-order valence-corrected chi connectivity index (χ1v) is 10.7. The minimum Gasteiger partial charge on any atom is -0.467 e. The minimum absolute atomic E-state index is 0.128. The Hall–Kier alpha value is -1.58. The molecule has 0 aromatic carbocycles. The molecule has 150 valence electrons. The molecule has 0 bridgehead atoms. The Bertz CT molecular complexity index is 602. The number of ether oxygens (including phenoxy) is 1. The van der Waals surface area contributed by atoms with Crippen molar-refractivity contribution in [2.45, 2.75) is 33.3 Å². The summed E-state index contributed by atoms with van der Waals surface area (Å²) in [6.45, 7) is 7.31. The number of hydrogen-bond acceptors (Lipinski definition) is 5. The van der Waals surface area contributed by atoms with Crippen molar-refractivity contribution in [3.8, 4) is 0 Å². The molecule has 1 aromatic rings. The summed E-state index contributed by atoms with van der Waals surface area (Å²) in [5.74, 6) is 1.68. The van der Waals surface area contributed by atoms with Crippen LogP contribution in [0.3, 0.4) is 0 Å².